The van der Waals surface area contributed by atoms with Gasteiger partial charge in [0.25, 0.3) is 5.91 Å². The predicted octanol–water partition coefficient (Wildman–Crippen LogP) is 1.21. The topological polar surface area (TPSA) is 56.0 Å². The van der Waals surface area contributed by atoms with Gasteiger partial charge in [-0.2, -0.15) is 0 Å². The van der Waals surface area contributed by atoms with Gasteiger partial charge >= 0.3 is 0 Å². The summed E-state index contributed by atoms with van der Waals surface area (Å²) < 4.78 is 0. The lowest BCUT2D eigenvalue weighted by atomic mass is 10.1. The second kappa shape index (κ2) is 3.17. The number of amides is 1. The van der Waals surface area contributed by atoms with Crippen LogP contribution >= 0.6 is 0 Å². The molecular weight excluding hydrogens is 152 g/mol. The smallest absolute Gasteiger partial charge is 0.267 e. The molecule has 0 saturated carbocycles. The molecule has 0 radical (unpaired) electrons. The largest absolute Gasteiger partial charge is 0.364 e. The Morgan fingerprint density at radius 3 is 2.75 bits per heavy atom. The van der Waals surface area contributed by atoms with Crippen molar-refractivity contribution in [2.45, 2.75) is 6.92 Å². The van der Waals surface area contributed by atoms with E-state index < -0.39 is 5.91 Å². The van der Waals surface area contributed by atoms with E-state index in [1.807, 2.05) is 6.92 Å². The third kappa shape index (κ3) is 1.50. The van der Waals surface area contributed by atoms with Gasteiger partial charge in [-0.25, -0.2) is 0 Å². The Hall–Kier alpha value is -1.64. The lowest BCUT2D eigenvalue weighted by molar-refractivity contribution is 0.0995. The van der Waals surface area contributed by atoms with Crippen molar-refractivity contribution >= 4 is 11.5 Å². The molecule has 62 valence electrons. The van der Waals surface area contributed by atoms with Gasteiger partial charge in [0.05, 0.1) is 0 Å². The fourth-order valence-electron chi connectivity index (χ4n) is 0.946. The molecule has 0 aliphatic rings. The molecule has 12 heavy (non-hydrogen) atoms. The number of nitrogens with zero attached hydrogens (tertiary/aromatic N) is 1. The van der Waals surface area contributed by atoms with Crippen LogP contribution in [0.25, 0.3) is 5.57 Å². The number of primary amides is 1. The number of rotatable bonds is 2. The van der Waals surface area contributed by atoms with Gasteiger partial charge in [0, 0.05) is 11.8 Å². The van der Waals surface area contributed by atoms with Crippen molar-refractivity contribution in [2.75, 3.05) is 0 Å². The van der Waals surface area contributed by atoms with Gasteiger partial charge in [-0.1, -0.05) is 12.6 Å². The number of hydrogen-bond acceptors (Lipinski definition) is 2. The van der Waals surface area contributed by atoms with Crippen LogP contribution in [0.2, 0.25) is 0 Å². The van der Waals surface area contributed by atoms with Gasteiger partial charge in [-0.15, -0.1) is 0 Å². The highest BCUT2D eigenvalue weighted by molar-refractivity contribution is 5.95. The molecule has 0 aromatic carbocycles. The molecule has 0 atom stereocenters. The van der Waals surface area contributed by atoms with Crippen LogP contribution in [0.4, 0.5) is 0 Å². The summed E-state index contributed by atoms with van der Waals surface area (Å²) in [5.41, 5.74) is 6.89. The average molecular weight is 162 g/mol. The molecule has 0 aliphatic heterocycles. The summed E-state index contributed by atoms with van der Waals surface area (Å²) in [6, 6.07) is 3.52. The maximum Gasteiger partial charge on any atom is 0.267 e. The van der Waals surface area contributed by atoms with E-state index in [9.17, 15) is 4.79 Å². The van der Waals surface area contributed by atoms with Crippen LogP contribution in [0.15, 0.2) is 24.9 Å². The lowest BCUT2D eigenvalue weighted by Crippen LogP contribution is -2.15. The van der Waals surface area contributed by atoms with Crippen molar-refractivity contribution in [3.8, 4) is 0 Å². The third-order valence-corrected chi connectivity index (χ3v) is 1.50. The summed E-state index contributed by atoms with van der Waals surface area (Å²) in [5, 5.41) is 0. The minimum Gasteiger partial charge on any atom is -0.364 e. The molecule has 3 nitrogen and oxygen atoms in total. The molecule has 0 fully saturated rings. The van der Waals surface area contributed by atoms with Crippen molar-refractivity contribution in [2.24, 2.45) is 5.73 Å². The first-order chi connectivity index (χ1) is 5.63. The quantitative estimate of drug-likeness (QED) is 0.710. The second-order valence-corrected chi connectivity index (χ2v) is 2.54. The van der Waals surface area contributed by atoms with Crippen LogP contribution in [0.1, 0.15) is 23.0 Å². The fraction of sp³-hybridized carbons (Fsp3) is 0.111. The highest BCUT2D eigenvalue weighted by atomic mass is 16.1. The minimum absolute atomic E-state index is 0.282. The van der Waals surface area contributed by atoms with Crippen molar-refractivity contribution in [1.82, 2.24) is 4.98 Å². The number of hydrogen-bond donors (Lipinski definition) is 1. The summed E-state index contributed by atoms with van der Waals surface area (Å²) in [5.74, 6) is -0.520. The molecule has 1 aromatic rings. The highest BCUT2D eigenvalue weighted by Crippen LogP contribution is 2.13. The zero-order valence-electron chi connectivity index (χ0n) is 6.87. The van der Waals surface area contributed by atoms with E-state index in [-0.39, 0.29) is 5.69 Å². The summed E-state index contributed by atoms with van der Waals surface area (Å²) in [7, 11) is 0. The Kier molecular flexibility index (Phi) is 2.24. The van der Waals surface area contributed by atoms with Gasteiger partial charge in [0.15, 0.2) is 0 Å². The van der Waals surface area contributed by atoms with Crippen molar-refractivity contribution < 1.29 is 4.79 Å². The molecule has 2 N–H and O–H groups in total. The molecular formula is C9H10N2O. The first kappa shape index (κ1) is 8.46. The fourth-order valence-corrected chi connectivity index (χ4v) is 0.946. The van der Waals surface area contributed by atoms with E-state index in [2.05, 4.69) is 11.6 Å². The van der Waals surface area contributed by atoms with Gasteiger partial charge in [0.1, 0.15) is 5.69 Å². The Balaban J connectivity index is 3.27. The number of carbonyl (C=O) groups is 1. The van der Waals surface area contributed by atoms with Crippen LogP contribution in [-0.4, -0.2) is 10.9 Å². The number of pyridine rings is 1. The molecule has 0 aliphatic carbocycles. The standard InChI is InChI=1S/C9H10N2O/c1-6(2)7-4-3-5-11-8(7)9(10)12/h3-5H,1H2,2H3,(H2,10,12). The monoisotopic (exact) mass is 162 g/mol. The van der Waals surface area contributed by atoms with Crippen molar-refractivity contribution in [1.29, 1.82) is 0 Å². The summed E-state index contributed by atoms with van der Waals surface area (Å²) >= 11 is 0. The molecule has 0 unspecified atom stereocenters. The zero-order chi connectivity index (χ0) is 9.14. The number of carbonyl (C=O) groups excluding carboxylic acids is 1. The van der Waals surface area contributed by atoms with Gasteiger partial charge in [-0.3, -0.25) is 9.78 Å². The van der Waals surface area contributed by atoms with Crippen LogP contribution in [-0.2, 0) is 0 Å². The van der Waals surface area contributed by atoms with E-state index in [0.717, 1.165) is 5.57 Å². The van der Waals surface area contributed by atoms with Crippen LogP contribution in [0.5, 0.6) is 0 Å². The molecule has 0 spiro atoms. The Labute approximate surface area is 70.9 Å². The molecule has 1 rings (SSSR count). The Morgan fingerprint density at radius 2 is 2.33 bits per heavy atom. The first-order valence-electron chi connectivity index (χ1n) is 3.53. The maximum atomic E-state index is 10.8. The Morgan fingerprint density at radius 1 is 1.67 bits per heavy atom. The number of nitrogens with two attached hydrogens (primary N) is 1. The van der Waals surface area contributed by atoms with E-state index in [1.54, 1.807) is 12.1 Å². The summed E-state index contributed by atoms with van der Waals surface area (Å²) in [6.45, 7) is 5.53. The Bertz CT molecular complexity index is 298. The molecule has 3 heteroatoms. The zero-order valence-corrected chi connectivity index (χ0v) is 6.87. The van der Waals surface area contributed by atoms with Gasteiger partial charge < -0.3 is 5.73 Å². The number of allylic oxidation sites excluding steroid dienone is 1. The van der Waals surface area contributed by atoms with Crippen molar-refractivity contribution in [3.63, 3.8) is 0 Å². The molecule has 1 heterocycles. The summed E-state index contributed by atoms with van der Waals surface area (Å²) in [4.78, 5) is 14.7. The van der Waals surface area contributed by atoms with Crippen LogP contribution < -0.4 is 5.73 Å². The van der Waals surface area contributed by atoms with E-state index in [4.69, 9.17) is 5.73 Å². The van der Waals surface area contributed by atoms with E-state index in [1.165, 1.54) is 6.20 Å². The lowest BCUT2D eigenvalue weighted by Gasteiger charge is -2.02. The van der Waals surface area contributed by atoms with Crippen LogP contribution in [0, 0.1) is 0 Å². The molecule has 0 saturated heterocycles. The molecule has 0 bridgehead atoms. The van der Waals surface area contributed by atoms with E-state index in [0.29, 0.717) is 5.56 Å². The number of aromatic nitrogens is 1. The SMILES string of the molecule is C=C(C)c1cccnc1C(N)=O. The maximum absolute atomic E-state index is 10.8. The van der Waals surface area contributed by atoms with Crippen LogP contribution in [0.3, 0.4) is 0 Å². The summed E-state index contributed by atoms with van der Waals surface area (Å²) in [6.07, 6.45) is 1.53. The third-order valence-electron chi connectivity index (χ3n) is 1.50. The molecule has 1 amide bonds. The predicted molar refractivity (Wildman–Crippen MR) is 47.5 cm³/mol. The second-order valence-electron chi connectivity index (χ2n) is 2.54. The normalized spacial score (nSPS) is 9.42. The van der Waals surface area contributed by atoms with Gasteiger partial charge in [-0.05, 0) is 18.6 Å². The highest BCUT2D eigenvalue weighted by Gasteiger charge is 2.08. The first-order valence-corrected chi connectivity index (χ1v) is 3.53. The molecule has 1 aromatic heterocycles. The average Bonchev–Trinajstić information content (AvgIpc) is 2.04. The van der Waals surface area contributed by atoms with E-state index >= 15 is 0 Å². The minimum atomic E-state index is -0.520. The van der Waals surface area contributed by atoms with Gasteiger partial charge in [0.2, 0.25) is 0 Å². The van der Waals surface area contributed by atoms with Crippen molar-refractivity contribution in [3.05, 3.63) is 36.2 Å².